The Morgan fingerprint density at radius 1 is 1.32 bits per heavy atom. The van der Waals surface area contributed by atoms with E-state index in [9.17, 15) is 14.4 Å². The van der Waals surface area contributed by atoms with Gasteiger partial charge in [0.05, 0.1) is 25.4 Å². The summed E-state index contributed by atoms with van der Waals surface area (Å²) in [5, 5.41) is 12.8. The Balaban J connectivity index is 2.51. The first-order valence-corrected chi connectivity index (χ1v) is 5.29. The molecule has 8 heteroatoms. The van der Waals surface area contributed by atoms with Gasteiger partial charge in [-0.3, -0.25) is 19.4 Å². The monoisotopic (exact) mass is 267 g/mol. The smallest absolute Gasteiger partial charge is 0.322 e. The summed E-state index contributed by atoms with van der Waals surface area (Å²) in [5.74, 6) is -1.98. The van der Waals surface area contributed by atoms with E-state index in [2.05, 4.69) is 15.6 Å². The number of ether oxygens (including phenoxy) is 1. The third kappa shape index (κ3) is 4.62. The average molecular weight is 267 g/mol. The van der Waals surface area contributed by atoms with Crippen LogP contribution in [0.15, 0.2) is 18.5 Å². The molecule has 0 aliphatic rings. The van der Waals surface area contributed by atoms with Gasteiger partial charge in [0.2, 0.25) is 5.91 Å². The quantitative estimate of drug-likeness (QED) is 0.610. The van der Waals surface area contributed by atoms with Crippen molar-refractivity contribution < 1.29 is 24.2 Å². The van der Waals surface area contributed by atoms with Crippen LogP contribution in [0.5, 0.6) is 5.75 Å². The van der Waals surface area contributed by atoms with Crippen molar-refractivity contribution in [2.24, 2.45) is 0 Å². The van der Waals surface area contributed by atoms with E-state index in [-0.39, 0.29) is 17.9 Å². The van der Waals surface area contributed by atoms with Gasteiger partial charge in [-0.1, -0.05) is 0 Å². The standard InChI is InChI=1S/C11H13N3O5/c1-19-8-4-12-3-2-7(8)11(18)14-5-9(15)13-6-10(16)17/h2-4H,5-6H2,1H3,(H,13,15)(H,14,18)(H,16,17). The van der Waals surface area contributed by atoms with E-state index in [1.54, 1.807) is 0 Å². The van der Waals surface area contributed by atoms with Gasteiger partial charge in [0, 0.05) is 6.20 Å². The SMILES string of the molecule is COc1cnccc1C(=O)NCC(=O)NCC(=O)O. The number of hydrogen-bond donors (Lipinski definition) is 3. The summed E-state index contributed by atoms with van der Waals surface area (Å²) in [6.07, 6.45) is 2.79. The van der Waals surface area contributed by atoms with Crippen LogP contribution in [0.2, 0.25) is 0 Å². The number of aromatic nitrogens is 1. The molecule has 0 spiro atoms. The Morgan fingerprint density at radius 3 is 2.68 bits per heavy atom. The summed E-state index contributed by atoms with van der Waals surface area (Å²) in [6, 6.07) is 1.45. The minimum absolute atomic E-state index is 0.239. The molecule has 1 rings (SSSR count). The number of carboxylic acid groups (broad SMARTS) is 1. The predicted octanol–water partition coefficient (Wildman–Crippen LogP) is -0.979. The van der Waals surface area contributed by atoms with Crippen LogP contribution in [-0.2, 0) is 9.59 Å². The van der Waals surface area contributed by atoms with E-state index in [0.717, 1.165) is 0 Å². The molecule has 0 aromatic carbocycles. The lowest BCUT2D eigenvalue weighted by molar-refractivity contribution is -0.137. The third-order valence-electron chi connectivity index (χ3n) is 2.10. The fraction of sp³-hybridized carbons (Fsp3) is 0.273. The van der Waals surface area contributed by atoms with Crippen molar-refractivity contribution in [2.75, 3.05) is 20.2 Å². The highest BCUT2D eigenvalue weighted by atomic mass is 16.5. The molecule has 0 aliphatic carbocycles. The van der Waals surface area contributed by atoms with Crippen LogP contribution in [0.25, 0.3) is 0 Å². The molecule has 0 saturated heterocycles. The second-order valence-corrected chi connectivity index (χ2v) is 3.43. The molecule has 0 saturated carbocycles. The lowest BCUT2D eigenvalue weighted by Crippen LogP contribution is -2.39. The van der Waals surface area contributed by atoms with Crippen LogP contribution >= 0.6 is 0 Å². The third-order valence-corrected chi connectivity index (χ3v) is 2.10. The molecule has 0 radical (unpaired) electrons. The Morgan fingerprint density at radius 2 is 2.05 bits per heavy atom. The molecule has 19 heavy (non-hydrogen) atoms. The van der Waals surface area contributed by atoms with Crippen LogP contribution < -0.4 is 15.4 Å². The molecule has 0 bridgehead atoms. The van der Waals surface area contributed by atoms with Gasteiger partial charge >= 0.3 is 5.97 Å². The highest BCUT2D eigenvalue weighted by Crippen LogP contribution is 2.14. The minimum atomic E-state index is -1.16. The second-order valence-electron chi connectivity index (χ2n) is 3.43. The summed E-state index contributed by atoms with van der Waals surface area (Å²) >= 11 is 0. The molecule has 8 nitrogen and oxygen atoms in total. The number of amides is 2. The van der Waals surface area contributed by atoms with Gasteiger partial charge in [0.15, 0.2) is 0 Å². The van der Waals surface area contributed by atoms with E-state index in [1.807, 2.05) is 0 Å². The van der Waals surface area contributed by atoms with Gasteiger partial charge < -0.3 is 20.5 Å². The molecule has 2 amide bonds. The highest BCUT2D eigenvalue weighted by Gasteiger charge is 2.13. The molecule has 1 aromatic rings. The fourth-order valence-electron chi connectivity index (χ4n) is 1.22. The number of aliphatic carboxylic acids is 1. The Hall–Kier alpha value is -2.64. The van der Waals surface area contributed by atoms with Gasteiger partial charge in [-0.25, -0.2) is 0 Å². The Bertz CT molecular complexity index is 489. The minimum Gasteiger partial charge on any atom is -0.494 e. The largest absolute Gasteiger partial charge is 0.494 e. The lowest BCUT2D eigenvalue weighted by atomic mass is 10.2. The van der Waals surface area contributed by atoms with E-state index in [1.165, 1.54) is 25.6 Å². The summed E-state index contributed by atoms with van der Waals surface area (Å²) in [7, 11) is 1.40. The first kappa shape index (κ1) is 14.4. The molecule has 1 heterocycles. The predicted molar refractivity (Wildman–Crippen MR) is 63.8 cm³/mol. The number of hydrogen-bond acceptors (Lipinski definition) is 5. The Kier molecular flexibility index (Phi) is 5.27. The number of rotatable bonds is 6. The zero-order chi connectivity index (χ0) is 14.3. The lowest BCUT2D eigenvalue weighted by Gasteiger charge is -2.08. The van der Waals surface area contributed by atoms with E-state index in [4.69, 9.17) is 9.84 Å². The van der Waals surface area contributed by atoms with Crippen molar-refractivity contribution >= 4 is 17.8 Å². The fourth-order valence-corrected chi connectivity index (χ4v) is 1.22. The van der Waals surface area contributed by atoms with Crippen LogP contribution in [-0.4, -0.2) is 48.1 Å². The number of methoxy groups -OCH3 is 1. The number of carbonyl (C=O) groups is 3. The summed E-state index contributed by atoms with van der Waals surface area (Å²) in [5.41, 5.74) is 0.239. The van der Waals surface area contributed by atoms with Crippen molar-refractivity contribution in [1.29, 1.82) is 0 Å². The first-order valence-electron chi connectivity index (χ1n) is 5.29. The molecular weight excluding hydrogens is 254 g/mol. The zero-order valence-corrected chi connectivity index (χ0v) is 10.2. The summed E-state index contributed by atoms with van der Waals surface area (Å²) in [4.78, 5) is 37.0. The van der Waals surface area contributed by atoms with Gasteiger partial charge in [0.1, 0.15) is 12.3 Å². The molecule has 3 N–H and O–H groups in total. The molecule has 0 aliphatic heterocycles. The highest BCUT2D eigenvalue weighted by molar-refractivity contribution is 5.98. The normalized spacial score (nSPS) is 9.53. The molecular formula is C11H13N3O5. The summed E-state index contributed by atoms with van der Waals surface area (Å²) in [6.45, 7) is -0.815. The van der Waals surface area contributed by atoms with E-state index in [0.29, 0.717) is 0 Å². The second kappa shape index (κ2) is 6.94. The number of nitrogens with one attached hydrogen (secondary N) is 2. The molecule has 0 unspecified atom stereocenters. The van der Waals surface area contributed by atoms with Crippen molar-refractivity contribution in [3.63, 3.8) is 0 Å². The summed E-state index contributed by atoms with van der Waals surface area (Å²) < 4.78 is 4.95. The number of carbonyl (C=O) groups excluding carboxylic acids is 2. The van der Waals surface area contributed by atoms with Crippen molar-refractivity contribution in [3.8, 4) is 5.75 Å². The van der Waals surface area contributed by atoms with Crippen LogP contribution in [0.3, 0.4) is 0 Å². The zero-order valence-electron chi connectivity index (χ0n) is 10.2. The van der Waals surface area contributed by atoms with Crippen molar-refractivity contribution in [2.45, 2.75) is 0 Å². The molecule has 1 aromatic heterocycles. The van der Waals surface area contributed by atoms with E-state index >= 15 is 0 Å². The number of nitrogens with zero attached hydrogens (tertiary/aromatic N) is 1. The Labute approximate surface area is 108 Å². The van der Waals surface area contributed by atoms with Gasteiger partial charge in [0.25, 0.3) is 5.91 Å². The molecule has 0 atom stereocenters. The molecule has 0 fully saturated rings. The molecule has 102 valence electrons. The first-order chi connectivity index (χ1) is 9.04. The van der Waals surface area contributed by atoms with Crippen LogP contribution in [0.1, 0.15) is 10.4 Å². The maximum atomic E-state index is 11.8. The number of carboxylic acids is 1. The number of pyridine rings is 1. The van der Waals surface area contributed by atoms with Crippen LogP contribution in [0, 0.1) is 0 Å². The van der Waals surface area contributed by atoms with Crippen molar-refractivity contribution in [3.05, 3.63) is 24.0 Å². The maximum Gasteiger partial charge on any atom is 0.322 e. The van der Waals surface area contributed by atoms with Gasteiger partial charge in [-0.2, -0.15) is 0 Å². The maximum absolute atomic E-state index is 11.8. The van der Waals surface area contributed by atoms with Crippen LogP contribution in [0.4, 0.5) is 0 Å². The van der Waals surface area contributed by atoms with Crippen molar-refractivity contribution in [1.82, 2.24) is 15.6 Å². The van der Waals surface area contributed by atoms with Gasteiger partial charge in [-0.05, 0) is 6.07 Å². The topological polar surface area (TPSA) is 118 Å². The van der Waals surface area contributed by atoms with E-state index < -0.39 is 24.3 Å². The van der Waals surface area contributed by atoms with Gasteiger partial charge in [-0.15, -0.1) is 0 Å². The average Bonchev–Trinajstić information content (AvgIpc) is 2.42.